The van der Waals surface area contributed by atoms with Crippen LogP contribution >= 0.6 is 0 Å². The van der Waals surface area contributed by atoms with E-state index in [1.807, 2.05) is 0 Å². The fourth-order valence-electron chi connectivity index (χ4n) is 5.81. The maximum atomic E-state index is 13.9. The molecule has 0 aromatic heterocycles. The number of fused-ring (bicyclic) bond motifs is 3. The Balaban J connectivity index is 1.75. The van der Waals surface area contributed by atoms with Gasteiger partial charge < -0.3 is 21.1 Å². The fourth-order valence-corrected chi connectivity index (χ4v) is 5.81. The third-order valence-electron chi connectivity index (χ3n) is 7.41. The summed E-state index contributed by atoms with van der Waals surface area (Å²) in [7, 11) is 0. The van der Waals surface area contributed by atoms with Gasteiger partial charge in [0.25, 0.3) is 0 Å². The number of primary amides is 1. The Morgan fingerprint density at radius 3 is 2.44 bits per heavy atom. The number of hydrogen-bond donors (Lipinski definition) is 4. The summed E-state index contributed by atoms with van der Waals surface area (Å²) in [6.07, 6.45) is -1.04. The van der Waals surface area contributed by atoms with Crippen molar-refractivity contribution < 1.29 is 43.7 Å². The van der Waals surface area contributed by atoms with Crippen LogP contribution in [0.4, 0.5) is 4.39 Å². The Kier molecular flexibility index (Phi) is 5.27. The van der Waals surface area contributed by atoms with E-state index in [-0.39, 0.29) is 16.7 Å². The number of aliphatic hydroxyl groups excluding tert-OH is 1. The lowest BCUT2D eigenvalue weighted by Crippen LogP contribution is -2.72. The van der Waals surface area contributed by atoms with Crippen LogP contribution in [-0.2, 0) is 19.2 Å². The van der Waals surface area contributed by atoms with Gasteiger partial charge in [0.15, 0.2) is 34.7 Å². The lowest BCUT2D eigenvalue weighted by molar-refractivity contribution is -0.185. The minimum atomic E-state index is -3.02. The van der Waals surface area contributed by atoms with Crippen LogP contribution in [0.2, 0.25) is 0 Å². The highest BCUT2D eigenvalue weighted by atomic mass is 19.1. The fraction of sp³-hybridized carbons (Fsp3) is 0.269. The minimum Gasteiger partial charge on any atom is -0.507 e. The van der Waals surface area contributed by atoms with E-state index in [1.54, 1.807) is 6.07 Å². The van der Waals surface area contributed by atoms with E-state index in [0.717, 1.165) is 0 Å². The number of hydrogen-bond acceptors (Lipinski definition) is 8. The second-order valence-corrected chi connectivity index (χ2v) is 9.32. The molecule has 2 aromatic rings. The molecule has 5 N–H and O–H groups in total. The molecule has 5 rings (SSSR count). The molecule has 0 radical (unpaired) electrons. The standard InChI is InChI=1S/C26H20FNO8/c27-11-4-1-3-10(7-11)8-13-12-5-2-6-15(29)17(12)22(32)20-18(13)21(31)14-9-16(30)19(25(28)35)23(33)26(14,36)24(20)34/h1-8,14,18-21,29,31,36H,9H2,(H2,28,35)/t14-,18-,19?,20?,21-,26-/m1/s1. The Morgan fingerprint density at radius 1 is 1.08 bits per heavy atom. The van der Waals surface area contributed by atoms with Crippen LogP contribution in [0.3, 0.4) is 0 Å². The maximum absolute atomic E-state index is 13.9. The van der Waals surface area contributed by atoms with E-state index >= 15 is 0 Å². The normalized spacial score (nSPS) is 32.6. The number of phenolic OH excluding ortho intramolecular Hbond substituents is 1. The van der Waals surface area contributed by atoms with Gasteiger partial charge in [0, 0.05) is 18.3 Å². The van der Waals surface area contributed by atoms with Crippen molar-refractivity contribution in [3.05, 3.63) is 65.0 Å². The molecule has 0 saturated heterocycles. The van der Waals surface area contributed by atoms with Gasteiger partial charge in [-0.2, -0.15) is 0 Å². The third kappa shape index (κ3) is 3.11. The lowest BCUT2D eigenvalue weighted by atomic mass is 9.51. The molecule has 36 heavy (non-hydrogen) atoms. The van der Waals surface area contributed by atoms with E-state index in [9.17, 15) is 43.7 Å². The molecule has 0 bridgehead atoms. The van der Waals surface area contributed by atoms with Crippen LogP contribution < -0.4 is 5.73 Å². The smallest absolute Gasteiger partial charge is 0.235 e. The summed E-state index contributed by atoms with van der Waals surface area (Å²) >= 11 is 0. The Morgan fingerprint density at radius 2 is 1.78 bits per heavy atom. The number of halogens is 1. The zero-order valence-electron chi connectivity index (χ0n) is 18.6. The Bertz CT molecular complexity index is 1410. The molecule has 1 amide bonds. The number of phenols is 1. The molecule has 2 fully saturated rings. The van der Waals surface area contributed by atoms with E-state index in [1.165, 1.54) is 42.5 Å². The first-order valence-corrected chi connectivity index (χ1v) is 11.1. The quantitative estimate of drug-likeness (QED) is 0.436. The van der Waals surface area contributed by atoms with Crippen molar-refractivity contribution in [3.8, 4) is 5.75 Å². The third-order valence-corrected chi connectivity index (χ3v) is 7.41. The SMILES string of the molecule is NC(=O)C1C(=O)C[C@@H]2[C@@H](O)[C@@H]3C(=Cc4cccc(F)c4)c4cccc(O)c4C(=O)C3C(=O)[C@]2(O)C1=O. The predicted molar refractivity (Wildman–Crippen MR) is 120 cm³/mol. The summed E-state index contributed by atoms with van der Waals surface area (Å²) < 4.78 is 13.9. The van der Waals surface area contributed by atoms with Gasteiger partial charge in [0.1, 0.15) is 11.6 Å². The first-order valence-electron chi connectivity index (χ1n) is 11.1. The highest BCUT2D eigenvalue weighted by Gasteiger charge is 2.69. The van der Waals surface area contributed by atoms with Crippen LogP contribution in [0, 0.1) is 29.5 Å². The van der Waals surface area contributed by atoms with Crippen molar-refractivity contribution in [2.24, 2.45) is 29.4 Å². The summed E-state index contributed by atoms with van der Waals surface area (Å²) in [5, 5.41) is 33.2. The number of Topliss-reactive ketones (excluding diaryl/α,β-unsaturated/α-hetero) is 4. The number of aromatic hydroxyl groups is 1. The molecule has 9 nitrogen and oxygen atoms in total. The van der Waals surface area contributed by atoms with Crippen molar-refractivity contribution in [2.45, 2.75) is 18.1 Å². The molecule has 3 aliphatic carbocycles. The lowest BCUT2D eigenvalue weighted by Gasteiger charge is -2.51. The number of benzene rings is 2. The van der Waals surface area contributed by atoms with Gasteiger partial charge in [0.05, 0.1) is 17.6 Å². The molecular weight excluding hydrogens is 473 g/mol. The highest BCUT2D eigenvalue weighted by molar-refractivity contribution is 6.32. The molecule has 0 spiro atoms. The number of carbonyl (C=O) groups excluding carboxylic acids is 5. The predicted octanol–water partition coefficient (Wildman–Crippen LogP) is 0.435. The van der Waals surface area contributed by atoms with Gasteiger partial charge in [-0.05, 0) is 34.9 Å². The molecule has 6 atom stereocenters. The Hall–Kier alpha value is -4.02. The number of ketones is 4. The zero-order chi connectivity index (χ0) is 26.1. The molecule has 0 aliphatic heterocycles. The zero-order valence-corrected chi connectivity index (χ0v) is 18.6. The summed E-state index contributed by atoms with van der Waals surface area (Å²) in [5.41, 5.74) is 2.55. The van der Waals surface area contributed by atoms with Gasteiger partial charge in [-0.25, -0.2) is 4.39 Å². The van der Waals surface area contributed by atoms with E-state index < -0.39 is 82.4 Å². The summed E-state index contributed by atoms with van der Waals surface area (Å²) in [4.78, 5) is 64.6. The summed E-state index contributed by atoms with van der Waals surface area (Å²) in [6, 6.07) is 9.50. The molecule has 3 aliphatic rings. The van der Waals surface area contributed by atoms with Gasteiger partial charge in [-0.15, -0.1) is 0 Å². The molecular formula is C26H20FNO8. The van der Waals surface area contributed by atoms with Gasteiger partial charge >= 0.3 is 0 Å². The van der Waals surface area contributed by atoms with Crippen molar-refractivity contribution in [3.63, 3.8) is 0 Å². The average molecular weight is 493 g/mol. The molecule has 2 aromatic carbocycles. The maximum Gasteiger partial charge on any atom is 0.235 e. The minimum absolute atomic E-state index is 0.172. The number of rotatable bonds is 2. The van der Waals surface area contributed by atoms with Gasteiger partial charge in [-0.1, -0.05) is 30.3 Å². The topological polar surface area (TPSA) is 172 Å². The largest absolute Gasteiger partial charge is 0.507 e. The first kappa shape index (κ1) is 23.7. The van der Waals surface area contributed by atoms with Gasteiger partial charge in [-0.3, -0.25) is 24.0 Å². The highest BCUT2D eigenvalue weighted by Crippen LogP contribution is 2.54. The average Bonchev–Trinajstić information content (AvgIpc) is 2.81. The monoisotopic (exact) mass is 493 g/mol. The van der Waals surface area contributed by atoms with Crippen LogP contribution in [0.15, 0.2) is 42.5 Å². The number of carbonyl (C=O) groups is 5. The van der Waals surface area contributed by atoms with E-state index in [0.29, 0.717) is 5.56 Å². The number of nitrogens with two attached hydrogens (primary N) is 1. The molecule has 184 valence electrons. The van der Waals surface area contributed by atoms with Crippen molar-refractivity contribution in [1.82, 2.24) is 0 Å². The molecule has 10 heteroatoms. The van der Waals surface area contributed by atoms with Crippen LogP contribution in [0.1, 0.15) is 27.9 Å². The number of aliphatic hydroxyl groups is 2. The van der Waals surface area contributed by atoms with Crippen molar-refractivity contribution >= 4 is 40.7 Å². The second kappa shape index (κ2) is 8.00. The van der Waals surface area contributed by atoms with Gasteiger partial charge in [0.2, 0.25) is 5.91 Å². The second-order valence-electron chi connectivity index (χ2n) is 9.32. The first-order chi connectivity index (χ1) is 17.0. The van der Waals surface area contributed by atoms with Crippen LogP contribution in [0.25, 0.3) is 11.6 Å². The number of amides is 1. The summed E-state index contributed by atoms with van der Waals surface area (Å²) in [6.45, 7) is 0. The molecule has 2 unspecified atom stereocenters. The Labute approximate surface area is 203 Å². The molecule has 2 saturated carbocycles. The summed E-state index contributed by atoms with van der Waals surface area (Å²) in [5.74, 6) is -14.0. The van der Waals surface area contributed by atoms with Crippen molar-refractivity contribution in [1.29, 1.82) is 0 Å². The van der Waals surface area contributed by atoms with Crippen LogP contribution in [-0.4, -0.2) is 56.1 Å². The molecule has 0 heterocycles. The van der Waals surface area contributed by atoms with Crippen LogP contribution in [0.5, 0.6) is 5.75 Å². The van der Waals surface area contributed by atoms with E-state index in [2.05, 4.69) is 0 Å². The van der Waals surface area contributed by atoms with E-state index in [4.69, 9.17) is 5.73 Å². The van der Waals surface area contributed by atoms with Crippen molar-refractivity contribution in [2.75, 3.05) is 0 Å².